The molecule has 0 saturated carbocycles. The van der Waals surface area contributed by atoms with Crippen molar-refractivity contribution in [3.8, 4) is 27.7 Å². The van der Waals surface area contributed by atoms with Gasteiger partial charge in [0.15, 0.2) is 6.10 Å². The maximum Gasteiger partial charge on any atom is 0.268 e. The number of carbonyl (C=O) groups is 2. The average Bonchev–Trinajstić information content (AvgIpc) is 3.54. The van der Waals surface area contributed by atoms with Gasteiger partial charge in [0, 0.05) is 30.2 Å². The quantitative estimate of drug-likeness (QED) is 0.590. The number of aromatic nitrogens is 2. The lowest BCUT2D eigenvalue weighted by molar-refractivity contribution is -0.132. The zero-order valence-corrected chi connectivity index (χ0v) is 18.7. The van der Waals surface area contributed by atoms with Gasteiger partial charge in [-0.2, -0.15) is 0 Å². The summed E-state index contributed by atoms with van der Waals surface area (Å²) in [6.45, 7) is 3.47. The second kappa shape index (κ2) is 8.70. The van der Waals surface area contributed by atoms with Gasteiger partial charge in [-0.15, -0.1) is 11.3 Å². The van der Waals surface area contributed by atoms with Gasteiger partial charge in [-0.05, 0) is 49.6 Å². The van der Waals surface area contributed by atoms with Crippen LogP contribution in [0.15, 0.2) is 48.0 Å². The third kappa shape index (κ3) is 3.86. The van der Waals surface area contributed by atoms with Crippen molar-refractivity contribution in [3.05, 3.63) is 48.0 Å². The fraction of sp³-hybridized carbons (Fsp3) is 0.333. The molecule has 1 aromatic carbocycles. The Labute approximate surface area is 190 Å². The van der Waals surface area contributed by atoms with E-state index in [2.05, 4.69) is 4.98 Å². The number of hydrogen-bond acceptors (Lipinski definition) is 6. The summed E-state index contributed by atoms with van der Waals surface area (Å²) >= 11 is 1.52. The van der Waals surface area contributed by atoms with Crippen LogP contribution < -0.4 is 9.64 Å². The van der Waals surface area contributed by atoms with Crippen molar-refractivity contribution in [2.24, 2.45) is 0 Å². The van der Waals surface area contributed by atoms with Crippen LogP contribution in [0.3, 0.4) is 0 Å². The Morgan fingerprint density at radius 2 is 2.03 bits per heavy atom. The molecule has 0 aliphatic carbocycles. The summed E-state index contributed by atoms with van der Waals surface area (Å²) < 4.78 is 5.95. The fourth-order valence-corrected chi connectivity index (χ4v) is 4.92. The second-order valence-corrected chi connectivity index (χ2v) is 8.82. The number of anilines is 1. The molecule has 0 spiro atoms. The molecule has 7 nitrogen and oxygen atoms in total. The first-order valence-corrected chi connectivity index (χ1v) is 11.8. The molecule has 0 N–H and O–H groups in total. The SMILES string of the molecule is CCC1Oc2ccc(-c3csc(-c4ccccn4)n3)cc2N(CC(=O)N2CCCC2)C1=O. The highest BCUT2D eigenvalue weighted by molar-refractivity contribution is 7.13. The Kier molecular flexibility index (Phi) is 5.61. The molecule has 4 heterocycles. The standard InChI is InChI=1S/C24H24N4O3S/c1-2-20-24(30)28(14-22(29)27-11-5-6-12-27)19-13-16(8-9-21(19)31-20)18-15-32-23(26-18)17-7-3-4-10-25-17/h3-4,7-10,13,15,20H,2,5-6,11-12,14H2,1H3. The molecule has 8 heteroatoms. The highest BCUT2D eigenvalue weighted by Gasteiger charge is 2.35. The number of pyridine rings is 1. The van der Waals surface area contributed by atoms with Gasteiger partial charge in [0.05, 0.1) is 17.1 Å². The summed E-state index contributed by atoms with van der Waals surface area (Å²) in [4.78, 5) is 38.5. The Balaban J connectivity index is 1.47. The summed E-state index contributed by atoms with van der Waals surface area (Å²) in [5, 5.41) is 2.81. The number of carbonyl (C=O) groups excluding carboxylic acids is 2. The first-order chi connectivity index (χ1) is 15.6. The van der Waals surface area contributed by atoms with Crippen LogP contribution in [0.1, 0.15) is 26.2 Å². The van der Waals surface area contributed by atoms with Crippen LogP contribution in [0, 0.1) is 0 Å². The van der Waals surface area contributed by atoms with Crippen molar-refractivity contribution in [2.75, 3.05) is 24.5 Å². The molecule has 1 fully saturated rings. The first kappa shape index (κ1) is 20.6. The van der Waals surface area contributed by atoms with E-state index in [1.165, 1.54) is 11.3 Å². The molecule has 0 bridgehead atoms. The summed E-state index contributed by atoms with van der Waals surface area (Å²) in [5.41, 5.74) is 3.11. The topological polar surface area (TPSA) is 75.6 Å². The smallest absolute Gasteiger partial charge is 0.268 e. The van der Waals surface area contributed by atoms with E-state index in [1.54, 1.807) is 11.1 Å². The van der Waals surface area contributed by atoms with E-state index in [0.29, 0.717) is 17.9 Å². The zero-order chi connectivity index (χ0) is 22.1. The van der Waals surface area contributed by atoms with E-state index in [9.17, 15) is 9.59 Å². The van der Waals surface area contributed by atoms with Gasteiger partial charge in [-0.1, -0.05) is 13.0 Å². The van der Waals surface area contributed by atoms with Crippen molar-refractivity contribution in [1.82, 2.24) is 14.9 Å². The molecule has 2 aliphatic heterocycles. The monoisotopic (exact) mass is 448 g/mol. The maximum absolute atomic E-state index is 13.1. The minimum atomic E-state index is -0.574. The van der Waals surface area contributed by atoms with E-state index >= 15 is 0 Å². The van der Waals surface area contributed by atoms with Crippen molar-refractivity contribution < 1.29 is 14.3 Å². The third-order valence-corrected chi connectivity index (χ3v) is 6.73. The minimum Gasteiger partial charge on any atom is -0.478 e. The number of amides is 2. The Morgan fingerprint density at radius 3 is 2.78 bits per heavy atom. The van der Waals surface area contributed by atoms with Crippen LogP contribution >= 0.6 is 11.3 Å². The predicted octanol–water partition coefficient (Wildman–Crippen LogP) is 4.00. The van der Waals surface area contributed by atoms with Crippen molar-refractivity contribution in [1.29, 1.82) is 0 Å². The van der Waals surface area contributed by atoms with E-state index in [1.807, 2.05) is 53.6 Å². The highest BCUT2D eigenvalue weighted by Crippen LogP contribution is 2.39. The molecule has 3 aromatic rings. The lowest BCUT2D eigenvalue weighted by atomic mass is 10.1. The van der Waals surface area contributed by atoms with Crippen LogP contribution in [-0.2, 0) is 9.59 Å². The molecule has 2 aromatic heterocycles. The number of fused-ring (bicyclic) bond motifs is 1. The Hall–Kier alpha value is -3.26. The van der Waals surface area contributed by atoms with Gasteiger partial charge in [-0.3, -0.25) is 19.5 Å². The number of hydrogen-bond donors (Lipinski definition) is 0. The molecular weight excluding hydrogens is 424 g/mol. The van der Waals surface area contributed by atoms with Crippen LogP contribution in [0.25, 0.3) is 22.0 Å². The van der Waals surface area contributed by atoms with Crippen LogP contribution in [0.2, 0.25) is 0 Å². The van der Waals surface area contributed by atoms with E-state index in [4.69, 9.17) is 9.72 Å². The molecule has 1 unspecified atom stereocenters. The van der Waals surface area contributed by atoms with Crippen molar-refractivity contribution >= 4 is 28.8 Å². The van der Waals surface area contributed by atoms with Gasteiger partial charge in [0.25, 0.3) is 5.91 Å². The number of benzene rings is 1. The summed E-state index contributed by atoms with van der Waals surface area (Å²) in [6, 6.07) is 11.4. The summed E-state index contributed by atoms with van der Waals surface area (Å²) in [7, 11) is 0. The van der Waals surface area contributed by atoms with Gasteiger partial charge in [0.2, 0.25) is 5.91 Å². The number of likely N-dealkylation sites (tertiary alicyclic amines) is 1. The predicted molar refractivity (Wildman–Crippen MR) is 124 cm³/mol. The average molecular weight is 449 g/mol. The molecule has 5 rings (SSSR count). The molecule has 32 heavy (non-hydrogen) atoms. The molecule has 0 radical (unpaired) electrons. The maximum atomic E-state index is 13.1. The Morgan fingerprint density at radius 1 is 1.19 bits per heavy atom. The Bertz CT molecular complexity index is 1140. The second-order valence-electron chi connectivity index (χ2n) is 7.96. The van der Waals surface area contributed by atoms with Gasteiger partial charge in [-0.25, -0.2) is 4.98 Å². The number of nitrogens with zero attached hydrogens (tertiary/aromatic N) is 4. The molecule has 1 atom stereocenters. The van der Waals surface area contributed by atoms with Gasteiger partial charge in [0.1, 0.15) is 17.3 Å². The lowest BCUT2D eigenvalue weighted by Gasteiger charge is -2.34. The summed E-state index contributed by atoms with van der Waals surface area (Å²) in [5.74, 6) is 0.432. The van der Waals surface area contributed by atoms with Crippen molar-refractivity contribution in [3.63, 3.8) is 0 Å². The van der Waals surface area contributed by atoms with Crippen molar-refractivity contribution in [2.45, 2.75) is 32.3 Å². The lowest BCUT2D eigenvalue weighted by Crippen LogP contribution is -2.50. The van der Waals surface area contributed by atoms with Crippen LogP contribution in [-0.4, -0.2) is 52.4 Å². The normalized spacial score (nSPS) is 17.9. The third-order valence-electron chi connectivity index (χ3n) is 5.87. The van der Waals surface area contributed by atoms with Crippen LogP contribution in [0.4, 0.5) is 5.69 Å². The largest absolute Gasteiger partial charge is 0.478 e. The molecule has 164 valence electrons. The molecule has 1 saturated heterocycles. The zero-order valence-electron chi connectivity index (χ0n) is 17.9. The highest BCUT2D eigenvalue weighted by atomic mass is 32.1. The molecule has 2 amide bonds. The number of rotatable bonds is 5. The number of thiazole rings is 1. The minimum absolute atomic E-state index is 0.0185. The number of ether oxygens (including phenoxy) is 1. The molecular formula is C24H24N4O3S. The van der Waals surface area contributed by atoms with Crippen LogP contribution in [0.5, 0.6) is 5.75 Å². The van der Waals surface area contributed by atoms with E-state index in [-0.39, 0.29) is 18.4 Å². The van der Waals surface area contributed by atoms with E-state index < -0.39 is 6.10 Å². The van der Waals surface area contributed by atoms with Gasteiger partial charge >= 0.3 is 0 Å². The van der Waals surface area contributed by atoms with Gasteiger partial charge < -0.3 is 9.64 Å². The molecule has 2 aliphatic rings. The first-order valence-electron chi connectivity index (χ1n) is 10.9. The van der Waals surface area contributed by atoms with E-state index in [0.717, 1.165) is 47.9 Å². The summed E-state index contributed by atoms with van der Waals surface area (Å²) in [6.07, 6.45) is 3.76. The fourth-order valence-electron chi connectivity index (χ4n) is 4.12.